The first-order valence-electron chi connectivity index (χ1n) is 4.74. The molecule has 0 atom stereocenters. The molecule has 1 heterocycles. The molecule has 4 heteroatoms. The molecular formula is C12H8ClN3. The fourth-order valence-electron chi connectivity index (χ4n) is 1.34. The van der Waals surface area contributed by atoms with Gasteiger partial charge in [0.1, 0.15) is 5.82 Å². The maximum absolute atomic E-state index is 8.57. The highest BCUT2D eigenvalue weighted by Crippen LogP contribution is 2.19. The third-order valence-electron chi connectivity index (χ3n) is 2.08. The molecule has 0 spiro atoms. The van der Waals surface area contributed by atoms with Crippen LogP contribution in [0.2, 0.25) is 5.02 Å². The Hall–Kier alpha value is -1.92. The second kappa shape index (κ2) is 4.73. The highest BCUT2D eigenvalue weighted by molar-refractivity contribution is 6.30. The summed E-state index contributed by atoms with van der Waals surface area (Å²) in [6, 6.07) is 11.2. The first kappa shape index (κ1) is 10.6. The smallest absolute Gasteiger partial charge is 0.142 e. The van der Waals surface area contributed by atoms with Gasteiger partial charge < -0.3 is 0 Å². The van der Waals surface area contributed by atoms with Crippen LogP contribution in [0.3, 0.4) is 0 Å². The topological polar surface area (TPSA) is 49.6 Å². The number of nitriles is 1. The van der Waals surface area contributed by atoms with Crippen LogP contribution in [0, 0.1) is 11.3 Å². The van der Waals surface area contributed by atoms with Crippen LogP contribution in [0.25, 0.3) is 11.3 Å². The fraction of sp³-hybridized carbons (Fsp3) is 0.0833. The zero-order valence-electron chi connectivity index (χ0n) is 8.39. The Morgan fingerprint density at radius 2 is 1.94 bits per heavy atom. The Morgan fingerprint density at radius 3 is 2.62 bits per heavy atom. The summed E-state index contributed by atoms with van der Waals surface area (Å²) in [5, 5.41) is 9.26. The number of hydrogen-bond acceptors (Lipinski definition) is 3. The van der Waals surface area contributed by atoms with Gasteiger partial charge in [-0.05, 0) is 18.2 Å². The lowest BCUT2D eigenvalue weighted by molar-refractivity contribution is 0.999. The van der Waals surface area contributed by atoms with Gasteiger partial charge in [-0.25, -0.2) is 9.97 Å². The van der Waals surface area contributed by atoms with Gasteiger partial charge in [0.25, 0.3) is 0 Å². The molecule has 2 aromatic rings. The van der Waals surface area contributed by atoms with E-state index < -0.39 is 0 Å². The summed E-state index contributed by atoms with van der Waals surface area (Å²) < 4.78 is 0. The first-order valence-corrected chi connectivity index (χ1v) is 5.12. The van der Waals surface area contributed by atoms with Gasteiger partial charge in [0.2, 0.25) is 0 Å². The zero-order chi connectivity index (χ0) is 11.4. The monoisotopic (exact) mass is 229 g/mol. The van der Waals surface area contributed by atoms with Crippen molar-refractivity contribution >= 4 is 11.6 Å². The third kappa shape index (κ3) is 2.36. The van der Waals surface area contributed by atoms with E-state index in [2.05, 4.69) is 9.97 Å². The van der Waals surface area contributed by atoms with Crippen LogP contribution >= 0.6 is 11.6 Å². The van der Waals surface area contributed by atoms with Crippen molar-refractivity contribution < 1.29 is 0 Å². The SMILES string of the molecule is N#CCc1nccc(-c2ccc(Cl)cc2)n1. The van der Waals surface area contributed by atoms with Crippen molar-refractivity contribution in [2.45, 2.75) is 6.42 Å². The number of rotatable bonds is 2. The van der Waals surface area contributed by atoms with E-state index in [1.54, 1.807) is 6.20 Å². The van der Waals surface area contributed by atoms with Crippen LogP contribution in [-0.2, 0) is 6.42 Å². The molecule has 1 aromatic carbocycles. The zero-order valence-corrected chi connectivity index (χ0v) is 9.15. The number of benzene rings is 1. The molecule has 0 saturated carbocycles. The van der Waals surface area contributed by atoms with Crippen molar-refractivity contribution in [3.8, 4) is 17.3 Å². The second-order valence-corrected chi connectivity index (χ2v) is 3.64. The molecule has 0 amide bonds. The molecule has 0 aliphatic rings. The molecule has 0 fully saturated rings. The number of nitrogens with zero attached hydrogens (tertiary/aromatic N) is 3. The summed E-state index contributed by atoms with van der Waals surface area (Å²) in [6.45, 7) is 0. The van der Waals surface area contributed by atoms with Crippen molar-refractivity contribution in [2.75, 3.05) is 0 Å². The van der Waals surface area contributed by atoms with Crippen LogP contribution < -0.4 is 0 Å². The molecule has 16 heavy (non-hydrogen) atoms. The molecule has 3 nitrogen and oxygen atoms in total. The summed E-state index contributed by atoms with van der Waals surface area (Å²) in [5.74, 6) is 0.537. The molecule has 0 radical (unpaired) electrons. The maximum Gasteiger partial charge on any atom is 0.142 e. The van der Waals surface area contributed by atoms with Crippen LogP contribution in [-0.4, -0.2) is 9.97 Å². The van der Waals surface area contributed by atoms with Gasteiger partial charge in [0.05, 0.1) is 18.2 Å². The predicted molar refractivity (Wildman–Crippen MR) is 61.8 cm³/mol. The van der Waals surface area contributed by atoms with Crippen molar-refractivity contribution in [3.05, 3.63) is 47.4 Å². The number of hydrogen-bond donors (Lipinski definition) is 0. The molecule has 0 bridgehead atoms. The van der Waals surface area contributed by atoms with Crippen molar-refractivity contribution in [2.24, 2.45) is 0 Å². The highest BCUT2D eigenvalue weighted by atomic mass is 35.5. The summed E-state index contributed by atoms with van der Waals surface area (Å²) in [6.07, 6.45) is 1.88. The lowest BCUT2D eigenvalue weighted by atomic mass is 10.1. The molecule has 0 aliphatic carbocycles. The van der Waals surface area contributed by atoms with Gasteiger partial charge in [0, 0.05) is 16.8 Å². The van der Waals surface area contributed by atoms with E-state index in [0.29, 0.717) is 10.8 Å². The second-order valence-electron chi connectivity index (χ2n) is 3.20. The minimum Gasteiger partial charge on any atom is -0.240 e. The molecule has 0 aliphatic heterocycles. The minimum absolute atomic E-state index is 0.224. The Kier molecular flexibility index (Phi) is 3.13. The average molecular weight is 230 g/mol. The summed E-state index contributed by atoms with van der Waals surface area (Å²) in [4.78, 5) is 8.30. The van der Waals surface area contributed by atoms with Gasteiger partial charge in [-0.3, -0.25) is 0 Å². The Labute approximate surface area is 98.4 Å². The van der Waals surface area contributed by atoms with E-state index in [0.717, 1.165) is 11.3 Å². The van der Waals surface area contributed by atoms with Crippen molar-refractivity contribution in [1.29, 1.82) is 5.26 Å². The van der Waals surface area contributed by atoms with Gasteiger partial charge in [-0.1, -0.05) is 23.7 Å². The summed E-state index contributed by atoms with van der Waals surface area (Å²) in [7, 11) is 0. The van der Waals surface area contributed by atoms with Crippen molar-refractivity contribution in [3.63, 3.8) is 0 Å². The highest BCUT2D eigenvalue weighted by Gasteiger charge is 2.01. The third-order valence-corrected chi connectivity index (χ3v) is 2.33. The lowest BCUT2D eigenvalue weighted by Gasteiger charge is -2.01. The predicted octanol–water partition coefficient (Wildman–Crippen LogP) is 2.86. The van der Waals surface area contributed by atoms with Crippen LogP contribution in [0.1, 0.15) is 5.82 Å². The number of halogens is 1. The Balaban J connectivity index is 2.37. The molecule has 0 N–H and O–H groups in total. The van der Waals surface area contributed by atoms with E-state index in [1.807, 2.05) is 36.4 Å². The van der Waals surface area contributed by atoms with E-state index in [4.69, 9.17) is 16.9 Å². The van der Waals surface area contributed by atoms with Gasteiger partial charge >= 0.3 is 0 Å². The van der Waals surface area contributed by atoms with Crippen LogP contribution in [0.15, 0.2) is 36.5 Å². The number of aromatic nitrogens is 2. The largest absolute Gasteiger partial charge is 0.240 e. The maximum atomic E-state index is 8.57. The first-order chi connectivity index (χ1) is 7.79. The van der Waals surface area contributed by atoms with E-state index in [-0.39, 0.29) is 6.42 Å². The quantitative estimate of drug-likeness (QED) is 0.796. The Bertz CT molecular complexity index is 529. The van der Waals surface area contributed by atoms with Gasteiger partial charge in [-0.2, -0.15) is 5.26 Å². The molecule has 0 saturated heterocycles. The van der Waals surface area contributed by atoms with Gasteiger partial charge in [0.15, 0.2) is 0 Å². The minimum atomic E-state index is 0.224. The molecule has 78 valence electrons. The lowest BCUT2D eigenvalue weighted by Crippen LogP contribution is -1.94. The molecular weight excluding hydrogens is 222 g/mol. The van der Waals surface area contributed by atoms with Crippen molar-refractivity contribution in [1.82, 2.24) is 9.97 Å². The molecule has 1 aromatic heterocycles. The van der Waals surface area contributed by atoms with E-state index in [1.165, 1.54) is 0 Å². The fourth-order valence-corrected chi connectivity index (χ4v) is 1.46. The molecule has 0 unspecified atom stereocenters. The standard InChI is InChI=1S/C12H8ClN3/c13-10-3-1-9(2-4-10)11-6-8-15-12(16-11)5-7-14/h1-4,6,8H,5H2. The van der Waals surface area contributed by atoms with Crippen LogP contribution in [0.5, 0.6) is 0 Å². The summed E-state index contributed by atoms with van der Waals surface area (Å²) >= 11 is 5.80. The normalized spacial score (nSPS) is 9.75. The van der Waals surface area contributed by atoms with E-state index in [9.17, 15) is 0 Å². The van der Waals surface area contributed by atoms with Crippen LogP contribution in [0.4, 0.5) is 0 Å². The Morgan fingerprint density at radius 1 is 1.19 bits per heavy atom. The van der Waals surface area contributed by atoms with Gasteiger partial charge in [-0.15, -0.1) is 0 Å². The molecule has 2 rings (SSSR count). The average Bonchev–Trinajstić information content (AvgIpc) is 2.31. The summed E-state index contributed by atoms with van der Waals surface area (Å²) in [5.41, 5.74) is 1.77. The van der Waals surface area contributed by atoms with E-state index >= 15 is 0 Å².